The van der Waals surface area contributed by atoms with E-state index < -0.39 is 0 Å². The number of rotatable bonds is 6. The molecule has 0 aliphatic heterocycles. The first kappa shape index (κ1) is 19.6. The van der Waals surface area contributed by atoms with E-state index in [9.17, 15) is 14.7 Å². The van der Waals surface area contributed by atoms with Crippen LogP contribution in [0.5, 0.6) is 11.5 Å². The number of carbonyl (C=O) groups is 1. The minimum atomic E-state index is -0.382. The molecule has 1 heterocycles. The van der Waals surface area contributed by atoms with Crippen LogP contribution in [0.15, 0.2) is 50.8 Å². The number of aromatic hydroxyl groups is 1. The first-order valence-corrected chi connectivity index (χ1v) is 9.13. The maximum atomic E-state index is 12.1. The zero-order valence-electron chi connectivity index (χ0n) is 14.9. The molecule has 2 aromatic carbocycles. The lowest BCUT2D eigenvalue weighted by atomic mass is 10.2. The summed E-state index contributed by atoms with van der Waals surface area (Å²) < 4.78 is 5.75. The second-order valence-corrected chi connectivity index (χ2v) is 6.78. The fourth-order valence-electron chi connectivity index (χ4n) is 2.55. The smallest absolute Gasteiger partial charge is 0.270 e. The minimum Gasteiger partial charge on any atom is -0.504 e. The van der Waals surface area contributed by atoms with Crippen LogP contribution < -0.4 is 15.7 Å². The van der Waals surface area contributed by atoms with Gasteiger partial charge in [-0.2, -0.15) is 5.10 Å². The van der Waals surface area contributed by atoms with Crippen LogP contribution >= 0.6 is 15.9 Å². The highest BCUT2D eigenvalue weighted by molar-refractivity contribution is 9.10. The molecule has 3 N–H and O–H groups in total. The molecule has 144 valence electrons. The Bertz CT molecular complexity index is 1110. The molecule has 3 aromatic rings. The number of halogens is 1. The van der Waals surface area contributed by atoms with Crippen LogP contribution in [0.25, 0.3) is 11.0 Å². The second-order valence-electron chi connectivity index (χ2n) is 5.87. The summed E-state index contributed by atoms with van der Waals surface area (Å²) in [5.74, 6) is -0.189. The lowest BCUT2D eigenvalue weighted by Crippen LogP contribution is -2.21. The molecule has 0 aliphatic rings. The van der Waals surface area contributed by atoms with Gasteiger partial charge in [-0.05, 0) is 24.3 Å². The quantitative estimate of drug-likeness (QED) is 0.398. The van der Waals surface area contributed by atoms with Gasteiger partial charge in [0.1, 0.15) is 5.69 Å². The highest BCUT2D eigenvalue weighted by atomic mass is 79.9. The van der Waals surface area contributed by atoms with Gasteiger partial charge in [0.25, 0.3) is 5.56 Å². The van der Waals surface area contributed by atoms with Gasteiger partial charge in [-0.3, -0.25) is 9.59 Å². The van der Waals surface area contributed by atoms with Crippen molar-refractivity contribution < 1.29 is 14.6 Å². The number of hydrogen-bond donors (Lipinski definition) is 3. The predicted molar refractivity (Wildman–Crippen MR) is 109 cm³/mol. The molecule has 9 heteroatoms. The summed E-state index contributed by atoms with van der Waals surface area (Å²) in [6.45, 7) is 0. The van der Waals surface area contributed by atoms with Crippen molar-refractivity contribution in [1.29, 1.82) is 0 Å². The zero-order chi connectivity index (χ0) is 20.1. The molecule has 0 saturated carbocycles. The number of H-pyrrole nitrogens is 1. The van der Waals surface area contributed by atoms with Crippen LogP contribution in [0.3, 0.4) is 0 Å². The number of phenols is 1. The summed E-state index contributed by atoms with van der Waals surface area (Å²) >= 11 is 3.30. The molecule has 8 nitrogen and oxygen atoms in total. The fourth-order valence-corrected chi connectivity index (χ4v) is 3.00. The molecule has 0 radical (unpaired) electrons. The number of phenolic OH excluding ortho intramolecular Hbond substituents is 1. The summed E-state index contributed by atoms with van der Waals surface area (Å²) in [5.41, 5.74) is 4.02. The molecule has 1 aromatic heterocycles. The lowest BCUT2D eigenvalue weighted by molar-refractivity contribution is -0.121. The maximum absolute atomic E-state index is 12.1. The Kier molecular flexibility index (Phi) is 6.05. The number of benzene rings is 2. The highest BCUT2D eigenvalue weighted by Gasteiger charge is 2.10. The molecule has 0 unspecified atom stereocenters. The third-order valence-electron chi connectivity index (χ3n) is 3.94. The summed E-state index contributed by atoms with van der Waals surface area (Å²) in [5, 5.41) is 13.9. The molecule has 0 bridgehead atoms. The number of aryl methyl sites for hydroxylation is 1. The number of ether oxygens (including phenoxy) is 1. The largest absolute Gasteiger partial charge is 0.504 e. The number of nitrogens with one attached hydrogen (secondary N) is 2. The minimum absolute atomic E-state index is 0.0412. The van der Waals surface area contributed by atoms with Crippen LogP contribution in [0.1, 0.15) is 17.7 Å². The molecule has 3 rings (SSSR count). The number of nitrogens with zero attached hydrogens (tertiary/aromatic N) is 2. The van der Waals surface area contributed by atoms with Crippen molar-refractivity contribution in [2.45, 2.75) is 12.8 Å². The third-order valence-corrected chi connectivity index (χ3v) is 4.40. The van der Waals surface area contributed by atoms with Gasteiger partial charge in [0.2, 0.25) is 5.91 Å². The van der Waals surface area contributed by atoms with Crippen molar-refractivity contribution in [3.63, 3.8) is 0 Å². The Morgan fingerprint density at radius 1 is 1.39 bits per heavy atom. The van der Waals surface area contributed by atoms with Gasteiger partial charge in [-0.1, -0.05) is 28.1 Å². The van der Waals surface area contributed by atoms with Gasteiger partial charge in [0, 0.05) is 22.9 Å². The Balaban J connectivity index is 1.62. The monoisotopic (exact) mass is 444 g/mol. The van der Waals surface area contributed by atoms with Gasteiger partial charge in [0.05, 0.1) is 24.4 Å². The van der Waals surface area contributed by atoms with Gasteiger partial charge >= 0.3 is 0 Å². The van der Waals surface area contributed by atoms with Crippen LogP contribution in [0.4, 0.5) is 0 Å². The van der Waals surface area contributed by atoms with Gasteiger partial charge < -0.3 is 14.8 Å². The predicted octanol–water partition coefficient (Wildman–Crippen LogP) is 2.48. The molecule has 0 fully saturated rings. The van der Waals surface area contributed by atoms with Crippen molar-refractivity contribution in [1.82, 2.24) is 15.4 Å². The summed E-state index contributed by atoms with van der Waals surface area (Å²) in [6.07, 6.45) is 1.53. The summed E-state index contributed by atoms with van der Waals surface area (Å²) in [4.78, 5) is 31.1. The average molecular weight is 445 g/mol. The topological polar surface area (TPSA) is 117 Å². The maximum Gasteiger partial charge on any atom is 0.270 e. The SMILES string of the molecule is COc1cc(Br)cc(/C=N/NC(=O)CCc2nc3ccccc3[nH]c2=O)c1O. The number of aromatic nitrogens is 2. The van der Waals surface area contributed by atoms with Crippen molar-refractivity contribution >= 4 is 39.1 Å². The molecule has 0 saturated heterocycles. The first-order chi connectivity index (χ1) is 13.5. The summed E-state index contributed by atoms with van der Waals surface area (Å²) in [6, 6.07) is 10.4. The highest BCUT2D eigenvalue weighted by Crippen LogP contribution is 2.32. The van der Waals surface area contributed by atoms with E-state index in [1.165, 1.54) is 13.3 Å². The number of para-hydroxylation sites is 2. The van der Waals surface area contributed by atoms with Gasteiger partial charge in [-0.15, -0.1) is 0 Å². The van der Waals surface area contributed by atoms with E-state index in [1.54, 1.807) is 24.3 Å². The van der Waals surface area contributed by atoms with Crippen LogP contribution in [0, 0.1) is 0 Å². The Labute approximate surface area is 168 Å². The first-order valence-electron chi connectivity index (χ1n) is 8.34. The summed E-state index contributed by atoms with van der Waals surface area (Å²) in [7, 11) is 1.44. The number of carbonyl (C=O) groups excluding carboxylic acids is 1. The standard InChI is InChI=1S/C19H17BrN4O4/c1-28-16-9-12(20)8-11(18(16)26)10-21-24-17(25)7-6-15-19(27)23-14-5-3-2-4-13(14)22-15/h2-5,8-10,26H,6-7H2,1H3,(H,23,27)(H,24,25)/b21-10+. The van der Waals surface area contributed by atoms with Gasteiger partial charge in [-0.25, -0.2) is 10.4 Å². The van der Waals surface area contributed by atoms with Crippen molar-refractivity contribution in [2.75, 3.05) is 7.11 Å². The van der Waals surface area contributed by atoms with Crippen molar-refractivity contribution in [2.24, 2.45) is 5.10 Å². The van der Waals surface area contributed by atoms with E-state index in [1.807, 2.05) is 12.1 Å². The number of aromatic amines is 1. The fraction of sp³-hybridized carbons (Fsp3) is 0.158. The van der Waals surface area contributed by atoms with Crippen LogP contribution in [-0.4, -0.2) is 34.3 Å². The van der Waals surface area contributed by atoms with Gasteiger partial charge in [0.15, 0.2) is 11.5 Å². The molecule has 0 atom stereocenters. The van der Waals surface area contributed by atoms with Crippen molar-refractivity contribution in [3.8, 4) is 11.5 Å². The number of hydrazone groups is 1. The molecule has 28 heavy (non-hydrogen) atoms. The molecule has 1 amide bonds. The Hall–Kier alpha value is -3.20. The van der Waals surface area contributed by atoms with Crippen LogP contribution in [0.2, 0.25) is 0 Å². The Morgan fingerprint density at radius 3 is 2.96 bits per heavy atom. The average Bonchev–Trinajstić information content (AvgIpc) is 2.68. The number of amides is 1. The number of hydrogen-bond acceptors (Lipinski definition) is 6. The van der Waals surface area contributed by atoms with E-state index in [0.29, 0.717) is 21.1 Å². The van der Waals surface area contributed by atoms with Crippen molar-refractivity contribution in [3.05, 3.63) is 62.5 Å². The molecule has 0 aliphatic carbocycles. The second kappa shape index (κ2) is 8.66. The van der Waals surface area contributed by atoms with E-state index in [0.717, 1.165) is 0 Å². The molecular formula is C19H17BrN4O4. The van der Waals surface area contributed by atoms with E-state index >= 15 is 0 Å². The molecule has 0 spiro atoms. The zero-order valence-corrected chi connectivity index (χ0v) is 16.5. The molecular weight excluding hydrogens is 428 g/mol. The normalized spacial score (nSPS) is 11.1. The lowest BCUT2D eigenvalue weighted by Gasteiger charge is -2.06. The van der Waals surface area contributed by atoms with E-state index in [-0.39, 0.29) is 41.5 Å². The van der Waals surface area contributed by atoms with Crippen LogP contribution in [-0.2, 0) is 11.2 Å². The number of methoxy groups -OCH3 is 1. The third kappa shape index (κ3) is 4.55. The Morgan fingerprint density at radius 2 is 2.18 bits per heavy atom. The van der Waals surface area contributed by atoms with E-state index in [2.05, 4.69) is 36.4 Å². The number of fused-ring (bicyclic) bond motifs is 1. The van der Waals surface area contributed by atoms with E-state index in [4.69, 9.17) is 4.74 Å².